The molecular weight excluding hydrogens is 230 g/mol. The van der Waals surface area contributed by atoms with Crippen LogP contribution in [0.5, 0.6) is 5.75 Å². The van der Waals surface area contributed by atoms with Gasteiger partial charge in [-0.05, 0) is 31.0 Å². The van der Waals surface area contributed by atoms with Crippen molar-refractivity contribution in [2.75, 3.05) is 0 Å². The summed E-state index contributed by atoms with van der Waals surface area (Å²) in [6.45, 7) is 0. The van der Waals surface area contributed by atoms with Crippen molar-refractivity contribution in [2.45, 2.75) is 18.9 Å². The van der Waals surface area contributed by atoms with Crippen molar-refractivity contribution >= 4 is 15.9 Å². The zero-order chi connectivity index (χ0) is 9.26. The molecule has 66 valence electrons. The Labute approximate surface area is 85.3 Å². The number of rotatable bonds is 2. The van der Waals surface area contributed by atoms with E-state index in [1.165, 1.54) is 0 Å². The maximum Gasteiger partial charge on any atom is 0.137 e. The van der Waals surface area contributed by atoms with Gasteiger partial charge in [-0.1, -0.05) is 15.9 Å². The highest BCUT2D eigenvalue weighted by molar-refractivity contribution is 9.10. The fourth-order valence-corrected chi connectivity index (χ4v) is 1.42. The zero-order valence-corrected chi connectivity index (χ0v) is 8.54. The van der Waals surface area contributed by atoms with Gasteiger partial charge in [-0.15, -0.1) is 0 Å². The van der Waals surface area contributed by atoms with Crippen molar-refractivity contribution in [1.82, 2.24) is 0 Å². The quantitative estimate of drug-likeness (QED) is 0.793. The maximum absolute atomic E-state index is 8.83. The lowest BCUT2D eigenvalue weighted by Crippen LogP contribution is -1.97. The molecule has 0 aromatic heterocycles. The van der Waals surface area contributed by atoms with E-state index >= 15 is 0 Å². The van der Waals surface area contributed by atoms with Crippen LogP contribution in [0.2, 0.25) is 0 Å². The predicted molar refractivity (Wildman–Crippen MR) is 52.5 cm³/mol. The van der Waals surface area contributed by atoms with Gasteiger partial charge in [-0.3, -0.25) is 0 Å². The van der Waals surface area contributed by atoms with Crippen LogP contribution in [-0.4, -0.2) is 6.10 Å². The number of benzene rings is 1. The van der Waals surface area contributed by atoms with Gasteiger partial charge in [0.25, 0.3) is 0 Å². The molecule has 3 heteroatoms. The zero-order valence-electron chi connectivity index (χ0n) is 6.96. The summed E-state index contributed by atoms with van der Waals surface area (Å²) in [4.78, 5) is 0. The topological polar surface area (TPSA) is 33.0 Å². The van der Waals surface area contributed by atoms with E-state index < -0.39 is 0 Å². The molecule has 1 aliphatic rings. The highest BCUT2D eigenvalue weighted by atomic mass is 79.9. The third-order valence-corrected chi connectivity index (χ3v) is 2.37. The van der Waals surface area contributed by atoms with Gasteiger partial charge in [0.15, 0.2) is 0 Å². The summed E-state index contributed by atoms with van der Waals surface area (Å²) >= 11 is 3.31. The average Bonchev–Trinajstić information content (AvgIpc) is 2.92. The number of hydrogen-bond acceptors (Lipinski definition) is 2. The van der Waals surface area contributed by atoms with Gasteiger partial charge in [0.2, 0.25) is 0 Å². The lowest BCUT2D eigenvalue weighted by molar-refractivity contribution is 0.302. The molecule has 0 bridgehead atoms. The molecule has 0 atom stereocenters. The Hall–Kier alpha value is -1.01. The molecule has 1 aromatic rings. The van der Waals surface area contributed by atoms with Gasteiger partial charge in [-0.2, -0.15) is 5.26 Å². The third-order valence-electron chi connectivity index (χ3n) is 1.88. The number of nitrogens with zero attached hydrogens (tertiary/aromatic N) is 1. The van der Waals surface area contributed by atoms with Gasteiger partial charge in [0.1, 0.15) is 11.8 Å². The van der Waals surface area contributed by atoms with Crippen LogP contribution in [0.25, 0.3) is 0 Å². The molecule has 0 saturated heterocycles. The summed E-state index contributed by atoms with van der Waals surface area (Å²) in [5.74, 6) is 0.702. The molecule has 1 fully saturated rings. The second-order valence-electron chi connectivity index (χ2n) is 3.07. The molecule has 1 aromatic carbocycles. The Morgan fingerprint density at radius 2 is 2.23 bits per heavy atom. The van der Waals surface area contributed by atoms with Crippen LogP contribution in [0.1, 0.15) is 18.4 Å². The molecule has 2 nitrogen and oxygen atoms in total. The minimum absolute atomic E-state index is 0.341. The highest BCUT2D eigenvalue weighted by Crippen LogP contribution is 2.30. The largest absolute Gasteiger partial charge is 0.489 e. The molecule has 0 radical (unpaired) electrons. The molecule has 0 spiro atoms. The highest BCUT2D eigenvalue weighted by Gasteiger charge is 2.24. The normalized spacial score (nSPS) is 15.1. The lowest BCUT2D eigenvalue weighted by atomic mass is 10.2. The molecule has 0 unspecified atom stereocenters. The van der Waals surface area contributed by atoms with Gasteiger partial charge >= 0.3 is 0 Å². The van der Waals surface area contributed by atoms with E-state index in [1.54, 1.807) is 6.07 Å². The van der Waals surface area contributed by atoms with Gasteiger partial charge in [0.05, 0.1) is 11.7 Å². The van der Waals surface area contributed by atoms with E-state index in [0.717, 1.165) is 17.3 Å². The van der Waals surface area contributed by atoms with Crippen LogP contribution in [0.3, 0.4) is 0 Å². The fourth-order valence-electron chi connectivity index (χ4n) is 1.06. The second kappa shape index (κ2) is 3.39. The number of hydrogen-bond donors (Lipinski definition) is 0. The van der Waals surface area contributed by atoms with Crippen molar-refractivity contribution in [3.05, 3.63) is 28.2 Å². The molecule has 1 aliphatic carbocycles. The Balaban J connectivity index is 2.27. The van der Waals surface area contributed by atoms with Crippen LogP contribution in [0.4, 0.5) is 0 Å². The minimum Gasteiger partial charge on any atom is -0.489 e. The van der Waals surface area contributed by atoms with E-state index in [0.29, 0.717) is 17.4 Å². The number of halogens is 1. The first-order chi connectivity index (χ1) is 6.29. The van der Waals surface area contributed by atoms with Gasteiger partial charge in [-0.25, -0.2) is 0 Å². The molecule has 2 rings (SSSR count). The van der Waals surface area contributed by atoms with E-state index in [1.807, 2.05) is 12.1 Å². The van der Waals surface area contributed by atoms with Crippen molar-refractivity contribution in [3.63, 3.8) is 0 Å². The second-order valence-corrected chi connectivity index (χ2v) is 3.99. The number of nitriles is 1. The van der Waals surface area contributed by atoms with Crippen LogP contribution >= 0.6 is 15.9 Å². The summed E-state index contributed by atoms with van der Waals surface area (Å²) in [6, 6.07) is 7.61. The molecular formula is C10H8BrNO. The first kappa shape index (κ1) is 8.58. The Morgan fingerprint density at radius 1 is 1.46 bits per heavy atom. The van der Waals surface area contributed by atoms with Crippen LogP contribution in [0, 0.1) is 11.3 Å². The molecule has 0 N–H and O–H groups in total. The van der Waals surface area contributed by atoms with Crippen molar-refractivity contribution in [1.29, 1.82) is 5.26 Å². The lowest BCUT2D eigenvalue weighted by Gasteiger charge is -2.05. The Morgan fingerprint density at radius 3 is 2.85 bits per heavy atom. The van der Waals surface area contributed by atoms with E-state index in [4.69, 9.17) is 10.00 Å². The van der Waals surface area contributed by atoms with E-state index in [2.05, 4.69) is 22.0 Å². The summed E-state index contributed by atoms with van der Waals surface area (Å²) in [6.07, 6.45) is 2.57. The van der Waals surface area contributed by atoms with Gasteiger partial charge < -0.3 is 4.74 Å². The van der Waals surface area contributed by atoms with Gasteiger partial charge in [0, 0.05) is 4.47 Å². The van der Waals surface area contributed by atoms with Crippen molar-refractivity contribution in [3.8, 4) is 11.8 Å². The average molecular weight is 238 g/mol. The molecule has 0 aliphatic heterocycles. The van der Waals surface area contributed by atoms with Crippen LogP contribution < -0.4 is 4.74 Å². The van der Waals surface area contributed by atoms with Crippen molar-refractivity contribution < 1.29 is 4.74 Å². The summed E-state index contributed by atoms with van der Waals surface area (Å²) in [5.41, 5.74) is 0.598. The predicted octanol–water partition coefficient (Wildman–Crippen LogP) is 2.86. The van der Waals surface area contributed by atoms with Crippen LogP contribution in [0.15, 0.2) is 22.7 Å². The smallest absolute Gasteiger partial charge is 0.137 e. The molecule has 0 heterocycles. The van der Waals surface area contributed by atoms with E-state index in [-0.39, 0.29) is 0 Å². The van der Waals surface area contributed by atoms with E-state index in [9.17, 15) is 0 Å². The monoisotopic (exact) mass is 237 g/mol. The first-order valence-electron chi connectivity index (χ1n) is 4.16. The standard InChI is InChI=1S/C10H8BrNO/c11-8-1-4-10(7(5-8)6-12)13-9-2-3-9/h1,4-5,9H,2-3H2. The van der Waals surface area contributed by atoms with Crippen molar-refractivity contribution in [2.24, 2.45) is 0 Å². The molecule has 13 heavy (non-hydrogen) atoms. The first-order valence-corrected chi connectivity index (χ1v) is 4.95. The minimum atomic E-state index is 0.341. The summed E-state index contributed by atoms with van der Waals surface area (Å²) < 4.78 is 6.47. The maximum atomic E-state index is 8.83. The fraction of sp³-hybridized carbons (Fsp3) is 0.300. The summed E-state index contributed by atoms with van der Waals surface area (Å²) in [7, 11) is 0. The summed E-state index contributed by atoms with van der Waals surface area (Å²) in [5, 5.41) is 8.83. The number of ether oxygens (including phenoxy) is 1. The molecule has 1 saturated carbocycles. The van der Waals surface area contributed by atoms with Crippen LogP contribution in [-0.2, 0) is 0 Å². The Kier molecular flexibility index (Phi) is 2.24. The molecule has 0 amide bonds. The Bertz CT molecular complexity index is 366. The third kappa shape index (κ3) is 2.02. The SMILES string of the molecule is N#Cc1cc(Br)ccc1OC1CC1.